The molecular formula is C12H14N4O3. The number of aromatic nitrogens is 2. The van der Waals surface area contributed by atoms with Crippen LogP contribution in [0, 0.1) is 0 Å². The lowest BCUT2D eigenvalue weighted by atomic mass is 10.2. The van der Waals surface area contributed by atoms with Gasteiger partial charge in [0.25, 0.3) is 5.91 Å². The third kappa shape index (κ3) is 2.41. The van der Waals surface area contributed by atoms with Crippen molar-refractivity contribution in [2.45, 2.75) is 6.04 Å². The van der Waals surface area contributed by atoms with Crippen molar-refractivity contribution in [1.29, 1.82) is 0 Å². The van der Waals surface area contributed by atoms with Crippen LogP contribution in [0.1, 0.15) is 0 Å². The van der Waals surface area contributed by atoms with Crippen molar-refractivity contribution in [3.05, 3.63) is 24.5 Å². The summed E-state index contributed by atoms with van der Waals surface area (Å²) in [5.41, 5.74) is 2.17. The summed E-state index contributed by atoms with van der Waals surface area (Å²) in [5.74, 6) is -1.74. The quantitative estimate of drug-likeness (QED) is 0.684. The highest BCUT2D eigenvalue weighted by Crippen LogP contribution is 2.19. The zero-order valence-corrected chi connectivity index (χ0v) is 10.5. The summed E-state index contributed by atoms with van der Waals surface area (Å²) in [6.45, 7) is 0. The van der Waals surface area contributed by atoms with E-state index in [4.69, 9.17) is 5.11 Å². The number of amides is 1. The Morgan fingerprint density at radius 2 is 2.21 bits per heavy atom. The van der Waals surface area contributed by atoms with Crippen LogP contribution in [0.5, 0.6) is 0 Å². The lowest BCUT2D eigenvalue weighted by Gasteiger charge is -2.21. The van der Waals surface area contributed by atoms with Crippen LogP contribution >= 0.6 is 0 Å². The zero-order chi connectivity index (χ0) is 14.0. The van der Waals surface area contributed by atoms with E-state index in [1.807, 2.05) is 0 Å². The highest BCUT2D eigenvalue weighted by atomic mass is 16.4. The molecule has 1 atom stereocenters. The van der Waals surface area contributed by atoms with E-state index in [9.17, 15) is 9.59 Å². The molecule has 7 heteroatoms. The van der Waals surface area contributed by atoms with Crippen LogP contribution in [0.15, 0.2) is 24.5 Å². The van der Waals surface area contributed by atoms with E-state index >= 15 is 0 Å². The van der Waals surface area contributed by atoms with E-state index < -0.39 is 17.9 Å². The molecule has 0 aliphatic carbocycles. The number of nitrogens with zero attached hydrogens (tertiary/aromatic N) is 2. The molecule has 1 aromatic heterocycles. The fraction of sp³-hybridized carbons (Fsp3) is 0.250. The summed E-state index contributed by atoms with van der Waals surface area (Å²) in [5, 5.41) is 11.4. The Morgan fingerprint density at radius 3 is 2.84 bits per heavy atom. The molecule has 0 fully saturated rings. The highest BCUT2D eigenvalue weighted by Gasteiger charge is 2.28. The Hall–Kier alpha value is -2.41. The maximum atomic E-state index is 12.0. The van der Waals surface area contributed by atoms with Gasteiger partial charge in [-0.1, -0.05) is 0 Å². The predicted octanol–water partition coefficient (Wildman–Crippen LogP) is 0.198. The average Bonchev–Trinajstić information content (AvgIpc) is 2.85. The molecule has 0 spiro atoms. The van der Waals surface area contributed by atoms with Gasteiger partial charge < -0.3 is 15.0 Å². The smallest absolute Gasteiger partial charge is 0.330 e. The molecule has 0 bridgehead atoms. The number of benzene rings is 1. The molecule has 0 radical (unpaired) electrons. The number of nitrogens with one attached hydrogen (secondary N) is 2. The fourth-order valence-electron chi connectivity index (χ4n) is 1.81. The highest BCUT2D eigenvalue weighted by molar-refractivity contribution is 6.09. The number of imidazole rings is 1. The Labute approximate surface area is 109 Å². The number of carboxylic acids is 1. The fourth-order valence-corrected chi connectivity index (χ4v) is 1.81. The van der Waals surface area contributed by atoms with Gasteiger partial charge in [0.05, 0.1) is 17.4 Å². The molecule has 0 aliphatic heterocycles. The summed E-state index contributed by atoms with van der Waals surface area (Å²) < 4.78 is 0. The molecule has 1 unspecified atom stereocenters. The van der Waals surface area contributed by atoms with Gasteiger partial charge in [0.2, 0.25) is 0 Å². The maximum Gasteiger partial charge on any atom is 0.330 e. The number of aromatic amines is 1. The van der Waals surface area contributed by atoms with Gasteiger partial charge in [-0.05, 0) is 25.2 Å². The third-order valence-electron chi connectivity index (χ3n) is 2.90. The van der Waals surface area contributed by atoms with Gasteiger partial charge in [-0.25, -0.2) is 9.78 Å². The van der Waals surface area contributed by atoms with Crippen LogP contribution in [-0.2, 0) is 9.59 Å². The summed E-state index contributed by atoms with van der Waals surface area (Å²) >= 11 is 0. The van der Waals surface area contributed by atoms with Crippen LogP contribution in [0.25, 0.3) is 11.0 Å². The molecule has 1 heterocycles. The Balaban J connectivity index is 2.29. The first-order chi connectivity index (χ1) is 9.04. The van der Waals surface area contributed by atoms with Crippen LogP contribution in [0.3, 0.4) is 0 Å². The number of aliphatic carboxylic acids is 1. The van der Waals surface area contributed by atoms with Gasteiger partial charge >= 0.3 is 5.97 Å². The van der Waals surface area contributed by atoms with Crippen molar-refractivity contribution < 1.29 is 14.7 Å². The molecule has 2 aromatic rings. The number of carboxylic acid groups (broad SMARTS) is 1. The molecule has 7 nitrogen and oxygen atoms in total. The standard InChI is InChI=1S/C12H14N4O3/c1-13-10(12(18)19)11(17)16(2)7-3-4-8-9(5-7)15-6-14-8/h3-6,10,13H,1-2H3,(H,14,15)(H,18,19). The first kappa shape index (κ1) is 13.0. The summed E-state index contributed by atoms with van der Waals surface area (Å²) in [6, 6.07) is 3.97. The Kier molecular flexibility index (Phi) is 3.48. The molecule has 3 N–H and O–H groups in total. The molecule has 2 rings (SSSR count). The van der Waals surface area contributed by atoms with Crippen LogP contribution < -0.4 is 10.2 Å². The van der Waals surface area contributed by atoms with Gasteiger partial charge in [0, 0.05) is 12.7 Å². The van der Waals surface area contributed by atoms with Crippen molar-refractivity contribution in [2.24, 2.45) is 0 Å². The monoisotopic (exact) mass is 262 g/mol. The van der Waals surface area contributed by atoms with Crippen LogP contribution in [-0.4, -0.2) is 47.1 Å². The van der Waals surface area contributed by atoms with Crippen molar-refractivity contribution in [1.82, 2.24) is 15.3 Å². The summed E-state index contributed by atoms with van der Waals surface area (Å²) in [7, 11) is 2.97. The van der Waals surface area contributed by atoms with E-state index in [1.165, 1.54) is 19.0 Å². The summed E-state index contributed by atoms with van der Waals surface area (Å²) in [6.07, 6.45) is 1.56. The third-order valence-corrected chi connectivity index (χ3v) is 2.90. The normalized spacial score (nSPS) is 12.3. The number of carbonyl (C=O) groups excluding carboxylic acids is 1. The van der Waals surface area contributed by atoms with Gasteiger partial charge in [0.1, 0.15) is 0 Å². The lowest BCUT2D eigenvalue weighted by Crippen LogP contribution is -2.48. The van der Waals surface area contributed by atoms with Crippen molar-refractivity contribution >= 4 is 28.6 Å². The molecule has 0 saturated carbocycles. The summed E-state index contributed by atoms with van der Waals surface area (Å²) in [4.78, 5) is 31.3. The van der Waals surface area contributed by atoms with E-state index in [2.05, 4.69) is 15.3 Å². The zero-order valence-electron chi connectivity index (χ0n) is 10.5. The number of fused-ring (bicyclic) bond motifs is 1. The average molecular weight is 262 g/mol. The second-order valence-corrected chi connectivity index (χ2v) is 4.06. The molecule has 1 amide bonds. The largest absolute Gasteiger partial charge is 0.480 e. The number of hydrogen-bond donors (Lipinski definition) is 3. The molecule has 0 saturated heterocycles. The maximum absolute atomic E-state index is 12.0. The molecular weight excluding hydrogens is 248 g/mol. The number of hydrogen-bond acceptors (Lipinski definition) is 4. The van der Waals surface area contributed by atoms with Crippen LogP contribution in [0.4, 0.5) is 5.69 Å². The van der Waals surface area contributed by atoms with Gasteiger partial charge in [-0.2, -0.15) is 0 Å². The van der Waals surface area contributed by atoms with Crippen molar-refractivity contribution in [3.8, 4) is 0 Å². The Bertz CT molecular complexity index is 622. The van der Waals surface area contributed by atoms with Gasteiger partial charge in [-0.15, -0.1) is 0 Å². The number of likely N-dealkylation sites (N-methyl/N-ethyl adjacent to an activating group) is 2. The minimum Gasteiger partial charge on any atom is -0.480 e. The van der Waals surface area contributed by atoms with Crippen molar-refractivity contribution in [3.63, 3.8) is 0 Å². The lowest BCUT2D eigenvalue weighted by molar-refractivity contribution is -0.143. The van der Waals surface area contributed by atoms with Gasteiger partial charge in [-0.3, -0.25) is 10.1 Å². The molecule has 1 aromatic carbocycles. The molecule has 0 aliphatic rings. The Morgan fingerprint density at radius 1 is 1.47 bits per heavy atom. The van der Waals surface area contributed by atoms with Crippen LogP contribution in [0.2, 0.25) is 0 Å². The topological polar surface area (TPSA) is 98.3 Å². The first-order valence-corrected chi connectivity index (χ1v) is 5.65. The molecule has 19 heavy (non-hydrogen) atoms. The number of H-pyrrole nitrogens is 1. The predicted molar refractivity (Wildman–Crippen MR) is 70.0 cm³/mol. The molecule has 100 valence electrons. The second kappa shape index (κ2) is 5.07. The SMILES string of the molecule is CNC(C(=O)O)C(=O)N(C)c1ccc2nc[nH]c2c1. The van der Waals surface area contributed by atoms with E-state index in [1.54, 1.807) is 24.5 Å². The number of carbonyl (C=O) groups is 2. The van der Waals surface area contributed by atoms with E-state index in [0.717, 1.165) is 11.0 Å². The number of anilines is 1. The first-order valence-electron chi connectivity index (χ1n) is 5.65. The van der Waals surface area contributed by atoms with Crippen molar-refractivity contribution in [2.75, 3.05) is 19.0 Å². The second-order valence-electron chi connectivity index (χ2n) is 4.06. The van der Waals surface area contributed by atoms with E-state index in [-0.39, 0.29) is 0 Å². The minimum atomic E-state index is -1.26. The van der Waals surface area contributed by atoms with Gasteiger partial charge in [0.15, 0.2) is 6.04 Å². The minimum absolute atomic E-state index is 0.533. The van der Waals surface area contributed by atoms with E-state index in [0.29, 0.717) is 5.69 Å². The number of rotatable bonds is 4.